The van der Waals surface area contributed by atoms with Crippen LogP contribution in [-0.2, 0) is 33.3 Å². The van der Waals surface area contributed by atoms with Gasteiger partial charge in [-0.2, -0.15) is 0 Å². The highest BCUT2D eigenvalue weighted by molar-refractivity contribution is 5.92. The van der Waals surface area contributed by atoms with Gasteiger partial charge in [0.1, 0.15) is 30.0 Å². The first-order valence-corrected chi connectivity index (χ1v) is 18.9. The first-order chi connectivity index (χ1) is 21.8. The number of hydrogen-bond acceptors (Lipinski definition) is 7. The van der Waals surface area contributed by atoms with Crippen molar-refractivity contribution in [2.24, 2.45) is 17.3 Å². The summed E-state index contributed by atoms with van der Waals surface area (Å²) in [5.74, 6) is 0.0855. The second kappa shape index (κ2) is 12.2. The third-order valence-electron chi connectivity index (χ3n) is 13.3. The van der Waals surface area contributed by atoms with Gasteiger partial charge in [-0.15, -0.1) is 0 Å². The molecule has 0 radical (unpaired) electrons. The number of unbranched alkanes of at least 4 members (excludes halogenated alkanes) is 14. The predicted octanol–water partition coefficient (Wildman–Crippen LogP) is 7.92. The molecule has 45 heavy (non-hydrogen) atoms. The van der Waals surface area contributed by atoms with Gasteiger partial charge in [0.15, 0.2) is 11.7 Å². The van der Waals surface area contributed by atoms with E-state index >= 15 is 0 Å². The van der Waals surface area contributed by atoms with Crippen molar-refractivity contribution in [2.45, 2.75) is 191 Å². The predicted molar refractivity (Wildman–Crippen MR) is 171 cm³/mol. The number of cyclic esters (lactones) is 1. The fraction of sp³-hybridized carbons (Fsp3) is 0.895. The van der Waals surface area contributed by atoms with Gasteiger partial charge in [0.05, 0.1) is 6.10 Å². The molecule has 5 fully saturated rings. The SMILES string of the molecule is CCCCCCCCCCCCCCCCCC(=O)O[C@@H]1[C@@]2(C(C)C)OC2[C@@H]2O[C@]23[C@]12O[C@H]2CC1C2=C(CC[C@@]13C)C(=O)OC2. The van der Waals surface area contributed by atoms with Crippen molar-refractivity contribution >= 4 is 11.9 Å². The van der Waals surface area contributed by atoms with E-state index in [2.05, 4.69) is 27.7 Å². The van der Waals surface area contributed by atoms with E-state index in [1.54, 1.807) is 0 Å². The average Bonchev–Trinajstić information content (AvgIpc) is 3.94. The van der Waals surface area contributed by atoms with Crippen LogP contribution in [0.25, 0.3) is 0 Å². The summed E-state index contributed by atoms with van der Waals surface area (Å²) in [6, 6.07) is 0. The second-order valence-electron chi connectivity index (χ2n) is 16.1. The number of carbonyl (C=O) groups excluding carboxylic acids is 2. The van der Waals surface area contributed by atoms with Gasteiger partial charge in [-0.25, -0.2) is 4.79 Å². The third kappa shape index (κ3) is 4.90. The van der Waals surface area contributed by atoms with Crippen molar-refractivity contribution in [3.8, 4) is 0 Å². The van der Waals surface area contributed by atoms with Crippen LogP contribution in [0, 0.1) is 17.3 Å². The van der Waals surface area contributed by atoms with Crippen LogP contribution in [0.15, 0.2) is 11.1 Å². The lowest BCUT2D eigenvalue weighted by atomic mass is 9.46. The molecule has 7 rings (SSSR count). The topological polar surface area (TPSA) is 90.2 Å². The molecule has 7 nitrogen and oxygen atoms in total. The van der Waals surface area contributed by atoms with E-state index in [0.717, 1.165) is 36.8 Å². The molecule has 0 aromatic heterocycles. The van der Waals surface area contributed by atoms with E-state index in [-0.39, 0.29) is 47.5 Å². The highest BCUT2D eigenvalue weighted by Crippen LogP contribution is 2.83. The van der Waals surface area contributed by atoms with Crippen LogP contribution in [0.3, 0.4) is 0 Å². The van der Waals surface area contributed by atoms with E-state index in [4.69, 9.17) is 23.7 Å². The monoisotopic (exact) mass is 626 g/mol. The zero-order valence-electron chi connectivity index (χ0n) is 28.5. The highest BCUT2D eigenvalue weighted by Gasteiger charge is 3.01. The number of rotatable bonds is 18. The molecule has 7 heteroatoms. The van der Waals surface area contributed by atoms with Crippen molar-refractivity contribution in [3.05, 3.63) is 11.1 Å². The van der Waals surface area contributed by atoms with Crippen LogP contribution in [0.1, 0.15) is 150 Å². The van der Waals surface area contributed by atoms with E-state index in [1.807, 2.05) is 0 Å². The molecular formula is C38H58O7. The molecule has 9 atom stereocenters. The van der Waals surface area contributed by atoms with Gasteiger partial charge in [0.2, 0.25) is 0 Å². The molecule has 3 aliphatic carbocycles. The molecule has 0 aromatic rings. The smallest absolute Gasteiger partial charge is 0.334 e. The van der Waals surface area contributed by atoms with Crippen molar-refractivity contribution in [1.82, 2.24) is 0 Å². The van der Waals surface area contributed by atoms with Gasteiger partial charge >= 0.3 is 11.9 Å². The standard InChI is InChI=1S/C38H58O7/c1-5-6-7-8-9-10-11-12-13-14-15-16-17-18-19-20-30(39)42-34-36(25(2)3)31(44-36)32-38(45-32)35(4)22-21-26-27(24-41-33(26)40)28(35)23-29-37(34,38)43-29/h25,28-29,31-32,34H,5-24H2,1-4H3/t28?,29-,31?,32-,34+,35-,36-,37+,38+/m0/s1. The summed E-state index contributed by atoms with van der Waals surface area (Å²) in [6.45, 7) is 9.34. The van der Waals surface area contributed by atoms with E-state index < -0.39 is 22.9 Å². The summed E-state index contributed by atoms with van der Waals surface area (Å²) in [5.41, 5.74) is 0.0644. The van der Waals surface area contributed by atoms with Gasteiger partial charge in [-0.1, -0.05) is 118 Å². The Morgan fingerprint density at radius 3 is 2.11 bits per heavy atom. The maximum atomic E-state index is 13.4. The third-order valence-corrected chi connectivity index (χ3v) is 13.3. The van der Waals surface area contributed by atoms with Gasteiger partial charge in [0.25, 0.3) is 0 Å². The van der Waals surface area contributed by atoms with Crippen LogP contribution >= 0.6 is 0 Å². The lowest BCUT2D eigenvalue weighted by Gasteiger charge is -2.53. The Kier molecular flexibility index (Phi) is 8.72. The molecule has 7 aliphatic rings. The molecule has 2 spiro atoms. The number of hydrogen-bond donors (Lipinski definition) is 0. The van der Waals surface area contributed by atoms with Gasteiger partial charge < -0.3 is 23.7 Å². The van der Waals surface area contributed by atoms with Gasteiger partial charge in [-0.05, 0) is 43.1 Å². The maximum Gasteiger partial charge on any atom is 0.334 e. The van der Waals surface area contributed by atoms with E-state index in [0.29, 0.717) is 19.4 Å². The number of fused-ring (bicyclic) bond motifs is 4. The van der Waals surface area contributed by atoms with Crippen LogP contribution in [-0.4, -0.2) is 59.8 Å². The van der Waals surface area contributed by atoms with Gasteiger partial charge in [0, 0.05) is 17.4 Å². The molecular weight excluding hydrogens is 568 g/mol. The average molecular weight is 627 g/mol. The molecule has 0 aromatic carbocycles. The van der Waals surface area contributed by atoms with Crippen LogP contribution in [0.4, 0.5) is 0 Å². The molecule has 0 amide bonds. The Morgan fingerprint density at radius 2 is 1.49 bits per heavy atom. The van der Waals surface area contributed by atoms with Crippen molar-refractivity contribution in [2.75, 3.05) is 6.61 Å². The Morgan fingerprint density at radius 1 is 0.867 bits per heavy atom. The molecule has 0 N–H and O–H groups in total. The Bertz CT molecular complexity index is 1180. The summed E-state index contributed by atoms with van der Waals surface area (Å²) < 4.78 is 32.1. The second-order valence-corrected chi connectivity index (χ2v) is 16.1. The number of carbonyl (C=O) groups is 2. The summed E-state index contributed by atoms with van der Waals surface area (Å²) >= 11 is 0. The molecule has 4 aliphatic heterocycles. The lowest BCUT2D eigenvalue weighted by Crippen LogP contribution is -2.70. The largest absolute Gasteiger partial charge is 0.458 e. The number of ether oxygens (including phenoxy) is 5. The first-order valence-electron chi connectivity index (χ1n) is 18.9. The molecule has 2 unspecified atom stereocenters. The van der Waals surface area contributed by atoms with Crippen molar-refractivity contribution in [1.29, 1.82) is 0 Å². The molecule has 0 bridgehead atoms. The Labute approximate surface area is 270 Å². The Balaban J connectivity index is 0.892. The molecule has 2 saturated carbocycles. The minimum Gasteiger partial charge on any atom is -0.458 e. The first kappa shape index (κ1) is 32.1. The zero-order chi connectivity index (χ0) is 31.5. The fourth-order valence-electron chi connectivity index (χ4n) is 10.7. The quantitative estimate of drug-likeness (QED) is 0.0867. The van der Waals surface area contributed by atoms with Crippen molar-refractivity contribution in [3.63, 3.8) is 0 Å². The summed E-state index contributed by atoms with van der Waals surface area (Å²) in [6.07, 6.45) is 21.7. The normalized spacial score (nSPS) is 41.4. The minimum absolute atomic E-state index is 0.0524. The maximum absolute atomic E-state index is 13.4. The minimum atomic E-state index is -0.660. The van der Waals surface area contributed by atoms with E-state index in [1.165, 1.54) is 83.5 Å². The van der Waals surface area contributed by atoms with Crippen molar-refractivity contribution < 1.29 is 33.3 Å². The van der Waals surface area contributed by atoms with E-state index in [9.17, 15) is 9.59 Å². The van der Waals surface area contributed by atoms with Crippen LogP contribution in [0.2, 0.25) is 0 Å². The summed E-state index contributed by atoms with van der Waals surface area (Å²) in [5, 5.41) is 0. The van der Waals surface area contributed by atoms with Crippen LogP contribution in [0.5, 0.6) is 0 Å². The molecule has 252 valence electrons. The highest BCUT2D eigenvalue weighted by atomic mass is 16.8. The molecule has 3 saturated heterocycles. The zero-order valence-corrected chi connectivity index (χ0v) is 28.5. The Hall–Kier alpha value is -1.44. The fourth-order valence-corrected chi connectivity index (χ4v) is 10.7. The summed E-state index contributed by atoms with van der Waals surface area (Å²) in [7, 11) is 0. The van der Waals surface area contributed by atoms with Crippen LogP contribution < -0.4 is 0 Å². The lowest BCUT2D eigenvalue weighted by molar-refractivity contribution is -0.169. The number of epoxide rings is 3. The molecule has 4 heterocycles. The van der Waals surface area contributed by atoms with Gasteiger partial charge in [-0.3, -0.25) is 4.79 Å². The number of esters is 2. The summed E-state index contributed by atoms with van der Waals surface area (Å²) in [4.78, 5) is 25.9.